The van der Waals surface area contributed by atoms with Gasteiger partial charge in [-0.1, -0.05) is 78.4 Å². The Hall–Kier alpha value is -2.08. The summed E-state index contributed by atoms with van der Waals surface area (Å²) in [6, 6.07) is 18.9. The van der Waals surface area contributed by atoms with Crippen molar-refractivity contribution in [3.63, 3.8) is 0 Å². The highest BCUT2D eigenvalue weighted by molar-refractivity contribution is 5.67. The van der Waals surface area contributed by atoms with Crippen LogP contribution in [0.4, 0.5) is 0 Å². The van der Waals surface area contributed by atoms with Crippen LogP contribution in [-0.2, 0) is 0 Å². The van der Waals surface area contributed by atoms with Crippen molar-refractivity contribution in [1.29, 1.82) is 0 Å². The second kappa shape index (κ2) is 6.02. The van der Waals surface area contributed by atoms with E-state index in [-0.39, 0.29) is 0 Å². The summed E-state index contributed by atoms with van der Waals surface area (Å²) < 4.78 is 0. The second-order valence-electron chi connectivity index (χ2n) is 4.49. The Labute approximate surface area is 109 Å². The first-order valence-electron chi connectivity index (χ1n) is 6.23. The third-order valence-corrected chi connectivity index (χ3v) is 2.91. The van der Waals surface area contributed by atoms with Gasteiger partial charge in [-0.3, -0.25) is 0 Å². The van der Waals surface area contributed by atoms with Crippen LogP contribution in [0.25, 0.3) is 11.6 Å². The highest BCUT2D eigenvalue weighted by Crippen LogP contribution is 2.13. The fourth-order valence-electron chi connectivity index (χ4n) is 1.87. The second-order valence-corrected chi connectivity index (χ2v) is 4.49. The van der Waals surface area contributed by atoms with Gasteiger partial charge in [0.15, 0.2) is 0 Å². The summed E-state index contributed by atoms with van der Waals surface area (Å²) in [5.41, 5.74) is 5.08. The first-order chi connectivity index (χ1) is 8.75. The van der Waals surface area contributed by atoms with Gasteiger partial charge in [0.25, 0.3) is 0 Å². The number of benzene rings is 2. The van der Waals surface area contributed by atoms with Crippen molar-refractivity contribution in [2.45, 2.75) is 13.8 Å². The van der Waals surface area contributed by atoms with Crippen LogP contribution >= 0.6 is 0 Å². The molecule has 0 aliphatic rings. The molecule has 0 aliphatic heterocycles. The quantitative estimate of drug-likeness (QED) is 0.647. The molecule has 2 aromatic carbocycles. The summed E-state index contributed by atoms with van der Waals surface area (Å²) in [4.78, 5) is 0. The smallest absolute Gasteiger partial charge is 0.0227 e. The molecule has 0 saturated carbocycles. The van der Waals surface area contributed by atoms with Crippen molar-refractivity contribution in [2.75, 3.05) is 0 Å². The van der Waals surface area contributed by atoms with Crippen molar-refractivity contribution in [2.24, 2.45) is 0 Å². The molecule has 0 amide bonds. The SMILES string of the molecule is CC(=CC=Cc1cccc(C)c1)c1ccccc1. The van der Waals surface area contributed by atoms with Crippen molar-refractivity contribution < 1.29 is 0 Å². The molecule has 0 N–H and O–H groups in total. The van der Waals surface area contributed by atoms with Crippen molar-refractivity contribution in [1.82, 2.24) is 0 Å². The number of allylic oxidation sites excluding steroid dienone is 3. The van der Waals surface area contributed by atoms with Gasteiger partial charge in [-0.15, -0.1) is 0 Å². The molecule has 18 heavy (non-hydrogen) atoms. The topological polar surface area (TPSA) is 0 Å². The van der Waals surface area contributed by atoms with E-state index in [0.717, 1.165) is 0 Å². The number of aryl methyl sites for hydroxylation is 1. The molecule has 0 aliphatic carbocycles. The third-order valence-electron chi connectivity index (χ3n) is 2.91. The maximum absolute atomic E-state index is 2.18. The van der Waals surface area contributed by atoms with E-state index in [1.165, 1.54) is 22.3 Å². The predicted molar refractivity (Wildman–Crippen MR) is 80.3 cm³/mol. The number of rotatable bonds is 3. The summed E-state index contributed by atoms with van der Waals surface area (Å²) in [5.74, 6) is 0. The first-order valence-corrected chi connectivity index (χ1v) is 6.23. The van der Waals surface area contributed by atoms with Gasteiger partial charge in [0, 0.05) is 0 Å². The Balaban J connectivity index is 2.11. The summed E-state index contributed by atoms with van der Waals surface area (Å²) in [7, 11) is 0. The third kappa shape index (κ3) is 3.46. The minimum Gasteiger partial charge on any atom is -0.0622 e. The zero-order valence-corrected chi connectivity index (χ0v) is 10.9. The van der Waals surface area contributed by atoms with E-state index in [1.54, 1.807) is 0 Å². The van der Waals surface area contributed by atoms with Crippen LogP contribution in [0.5, 0.6) is 0 Å². The molecule has 2 aromatic rings. The van der Waals surface area contributed by atoms with Crippen LogP contribution in [0.1, 0.15) is 23.6 Å². The van der Waals surface area contributed by atoms with Crippen LogP contribution in [0, 0.1) is 6.92 Å². The number of hydrogen-bond donors (Lipinski definition) is 0. The lowest BCUT2D eigenvalue weighted by Crippen LogP contribution is -1.77. The first kappa shape index (κ1) is 12.4. The van der Waals surface area contributed by atoms with Crippen molar-refractivity contribution in [3.8, 4) is 0 Å². The number of hydrogen-bond acceptors (Lipinski definition) is 0. The Kier molecular flexibility index (Phi) is 4.14. The fraction of sp³-hybridized carbons (Fsp3) is 0.111. The molecule has 0 spiro atoms. The van der Waals surface area contributed by atoms with Gasteiger partial charge < -0.3 is 0 Å². The lowest BCUT2D eigenvalue weighted by Gasteiger charge is -1.99. The Morgan fingerprint density at radius 1 is 0.944 bits per heavy atom. The molecule has 0 bridgehead atoms. The molecule has 0 nitrogen and oxygen atoms in total. The Morgan fingerprint density at radius 2 is 1.72 bits per heavy atom. The summed E-state index contributed by atoms with van der Waals surface area (Å²) in [5, 5.41) is 0. The fourth-order valence-corrected chi connectivity index (χ4v) is 1.87. The van der Waals surface area contributed by atoms with Gasteiger partial charge in [-0.25, -0.2) is 0 Å². The molecule has 0 heterocycles. The van der Waals surface area contributed by atoms with E-state index >= 15 is 0 Å². The lowest BCUT2D eigenvalue weighted by molar-refractivity contribution is 1.46. The van der Waals surface area contributed by atoms with E-state index in [2.05, 4.69) is 80.6 Å². The van der Waals surface area contributed by atoms with Gasteiger partial charge in [0.05, 0.1) is 0 Å². The monoisotopic (exact) mass is 234 g/mol. The highest BCUT2D eigenvalue weighted by atomic mass is 14.0. The van der Waals surface area contributed by atoms with E-state index < -0.39 is 0 Å². The minimum atomic E-state index is 1.24. The molecule has 0 unspecified atom stereocenters. The molecule has 0 radical (unpaired) electrons. The maximum Gasteiger partial charge on any atom is -0.0227 e. The molecular formula is C18H18. The van der Waals surface area contributed by atoms with Crippen LogP contribution in [0.3, 0.4) is 0 Å². The van der Waals surface area contributed by atoms with Gasteiger partial charge in [0.2, 0.25) is 0 Å². The van der Waals surface area contributed by atoms with Gasteiger partial charge in [-0.2, -0.15) is 0 Å². The molecule has 90 valence electrons. The Morgan fingerprint density at radius 3 is 2.44 bits per heavy atom. The molecule has 2 rings (SSSR count). The van der Waals surface area contributed by atoms with Gasteiger partial charge in [0.1, 0.15) is 0 Å². The molecule has 0 aromatic heterocycles. The standard InChI is InChI=1S/C18H18/c1-15-8-6-10-17(14-15)11-7-9-16(2)18-12-4-3-5-13-18/h3-14H,1-2H3. The largest absolute Gasteiger partial charge is 0.0622 e. The van der Waals surface area contributed by atoms with Crippen LogP contribution in [0.2, 0.25) is 0 Å². The summed E-state index contributed by atoms with van der Waals surface area (Å²) in [6.07, 6.45) is 6.40. The molecule has 0 fully saturated rings. The van der Waals surface area contributed by atoms with Crippen LogP contribution < -0.4 is 0 Å². The molecule has 0 saturated heterocycles. The van der Waals surface area contributed by atoms with Gasteiger partial charge >= 0.3 is 0 Å². The Bertz CT molecular complexity index is 560. The van der Waals surface area contributed by atoms with E-state index in [9.17, 15) is 0 Å². The normalized spacial score (nSPS) is 12.0. The highest BCUT2D eigenvalue weighted by Gasteiger charge is 1.91. The molecule has 0 atom stereocenters. The molecular weight excluding hydrogens is 216 g/mol. The van der Waals surface area contributed by atoms with E-state index in [1.807, 2.05) is 6.07 Å². The maximum atomic E-state index is 2.18. The molecule has 0 heteroatoms. The minimum absolute atomic E-state index is 1.24. The van der Waals surface area contributed by atoms with Crippen LogP contribution in [-0.4, -0.2) is 0 Å². The van der Waals surface area contributed by atoms with Gasteiger partial charge in [-0.05, 0) is 30.5 Å². The van der Waals surface area contributed by atoms with Crippen molar-refractivity contribution >= 4 is 11.6 Å². The van der Waals surface area contributed by atoms with Crippen LogP contribution in [0.15, 0.2) is 66.7 Å². The zero-order valence-electron chi connectivity index (χ0n) is 10.9. The summed E-state index contributed by atoms with van der Waals surface area (Å²) in [6.45, 7) is 4.25. The average molecular weight is 234 g/mol. The van der Waals surface area contributed by atoms with E-state index in [4.69, 9.17) is 0 Å². The van der Waals surface area contributed by atoms with E-state index in [0.29, 0.717) is 0 Å². The lowest BCUT2D eigenvalue weighted by atomic mass is 10.1. The summed E-state index contributed by atoms with van der Waals surface area (Å²) >= 11 is 0. The zero-order chi connectivity index (χ0) is 12.8. The predicted octanol–water partition coefficient (Wildman–Crippen LogP) is 5.11. The average Bonchev–Trinajstić information content (AvgIpc) is 2.40. The van der Waals surface area contributed by atoms with Crippen molar-refractivity contribution in [3.05, 3.63) is 83.4 Å².